The number of alkyl carbamates (subject to hydrolysis) is 1. The second kappa shape index (κ2) is 9.94. The molecular weight excluding hydrogens is 313 g/mol. The summed E-state index contributed by atoms with van der Waals surface area (Å²) in [4.78, 5) is 22.9. The van der Waals surface area contributed by atoms with Crippen LogP contribution in [0.2, 0.25) is 0 Å². The molecule has 134 valence electrons. The van der Waals surface area contributed by atoms with Gasteiger partial charge in [-0.1, -0.05) is 38.1 Å². The molecule has 7 nitrogen and oxygen atoms in total. The lowest BCUT2D eigenvalue weighted by Gasteiger charge is -2.22. The van der Waals surface area contributed by atoms with E-state index in [0.29, 0.717) is 11.0 Å². The molecule has 0 aliphatic rings. The minimum absolute atomic E-state index is 0.0520. The highest BCUT2D eigenvalue weighted by Crippen LogP contribution is 2.08. The maximum atomic E-state index is 11.6. The van der Waals surface area contributed by atoms with Crippen molar-refractivity contribution in [3.8, 4) is 0 Å². The van der Waals surface area contributed by atoms with Gasteiger partial charge in [-0.2, -0.15) is 0 Å². The minimum Gasteiger partial charge on any atom is -0.480 e. The Kier molecular flexibility index (Phi) is 9.09. The molecule has 24 heavy (non-hydrogen) atoms. The molecular formula is C16H26BNO6. The molecule has 0 radical (unpaired) electrons. The number of benzene rings is 1. The van der Waals surface area contributed by atoms with Crippen molar-refractivity contribution >= 4 is 24.6 Å². The van der Waals surface area contributed by atoms with Crippen LogP contribution in [-0.4, -0.2) is 46.0 Å². The standard InChI is InChI=1S/C14H20BNO6.C2H6/c1-14(2,3)22-13(19)16-11(12(17)18)8-9-4-6-10(7-5-9)15(20)21;1-2/h4-7,11,20-21H,8H2,1-3H3,(H,16,19)(H,17,18);1-2H3. The van der Waals surface area contributed by atoms with E-state index in [2.05, 4.69) is 5.32 Å². The fourth-order valence-electron chi connectivity index (χ4n) is 1.71. The number of rotatable bonds is 5. The van der Waals surface area contributed by atoms with Crippen LogP contribution in [0.3, 0.4) is 0 Å². The molecule has 0 saturated carbocycles. The van der Waals surface area contributed by atoms with Crippen LogP contribution in [-0.2, 0) is 16.0 Å². The summed E-state index contributed by atoms with van der Waals surface area (Å²) in [5.41, 5.74) is 0.218. The van der Waals surface area contributed by atoms with Crippen molar-refractivity contribution in [3.63, 3.8) is 0 Å². The van der Waals surface area contributed by atoms with E-state index in [1.54, 1.807) is 32.9 Å². The smallest absolute Gasteiger partial charge is 0.480 e. The third kappa shape index (κ3) is 8.54. The largest absolute Gasteiger partial charge is 0.488 e. The van der Waals surface area contributed by atoms with Gasteiger partial charge in [0, 0.05) is 6.42 Å². The Balaban J connectivity index is 0.00000254. The van der Waals surface area contributed by atoms with Gasteiger partial charge < -0.3 is 25.2 Å². The Morgan fingerprint density at radius 2 is 1.67 bits per heavy atom. The van der Waals surface area contributed by atoms with Crippen molar-refractivity contribution in [2.45, 2.75) is 52.7 Å². The number of carbonyl (C=O) groups is 2. The molecule has 0 bridgehead atoms. The van der Waals surface area contributed by atoms with Crippen molar-refractivity contribution in [3.05, 3.63) is 29.8 Å². The summed E-state index contributed by atoms with van der Waals surface area (Å²) >= 11 is 0. The molecule has 0 saturated heterocycles. The van der Waals surface area contributed by atoms with Crippen LogP contribution < -0.4 is 10.8 Å². The molecule has 1 unspecified atom stereocenters. The molecule has 0 aromatic heterocycles. The Labute approximate surface area is 142 Å². The normalized spacial score (nSPS) is 11.6. The van der Waals surface area contributed by atoms with Crippen LogP contribution in [0, 0.1) is 0 Å². The van der Waals surface area contributed by atoms with Crippen molar-refractivity contribution in [1.29, 1.82) is 0 Å². The average molecular weight is 339 g/mol. The fraction of sp³-hybridized carbons (Fsp3) is 0.500. The number of amides is 1. The van der Waals surface area contributed by atoms with E-state index in [1.807, 2.05) is 13.8 Å². The zero-order chi connectivity index (χ0) is 18.9. The number of carboxylic acids is 1. The summed E-state index contributed by atoms with van der Waals surface area (Å²) in [6.45, 7) is 9.05. The maximum absolute atomic E-state index is 11.6. The topological polar surface area (TPSA) is 116 Å². The number of hydrogen-bond donors (Lipinski definition) is 4. The fourth-order valence-corrected chi connectivity index (χ4v) is 1.71. The van der Waals surface area contributed by atoms with Crippen LogP contribution in [0.4, 0.5) is 4.79 Å². The number of carboxylic acid groups (broad SMARTS) is 1. The molecule has 1 amide bonds. The van der Waals surface area contributed by atoms with Crippen LogP contribution in [0.15, 0.2) is 24.3 Å². The Morgan fingerprint density at radius 1 is 1.17 bits per heavy atom. The molecule has 1 aromatic carbocycles. The first-order valence-electron chi connectivity index (χ1n) is 7.76. The predicted molar refractivity (Wildman–Crippen MR) is 92.1 cm³/mol. The van der Waals surface area contributed by atoms with Gasteiger partial charge in [0.25, 0.3) is 0 Å². The lowest BCUT2D eigenvalue weighted by atomic mass is 9.80. The molecule has 0 aliphatic carbocycles. The van der Waals surface area contributed by atoms with E-state index in [9.17, 15) is 14.7 Å². The summed E-state index contributed by atoms with van der Waals surface area (Å²) in [5.74, 6) is -1.18. The Morgan fingerprint density at radius 3 is 2.04 bits per heavy atom. The van der Waals surface area contributed by atoms with Gasteiger partial charge in [-0.25, -0.2) is 9.59 Å². The highest BCUT2D eigenvalue weighted by Gasteiger charge is 2.24. The van der Waals surface area contributed by atoms with Gasteiger partial charge in [0.05, 0.1) is 0 Å². The number of hydrogen-bond acceptors (Lipinski definition) is 5. The van der Waals surface area contributed by atoms with Gasteiger partial charge >= 0.3 is 19.2 Å². The van der Waals surface area contributed by atoms with E-state index in [4.69, 9.17) is 14.8 Å². The van der Waals surface area contributed by atoms with Gasteiger partial charge in [-0.3, -0.25) is 0 Å². The zero-order valence-corrected chi connectivity index (χ0v) is 14.7. The molecule has 8 heteroatoms. The van der Waals surface area contributed by atoms with E-state index in [-0.39, 0.29) is 6.42 Å². The lowest BCUT2D eigenvalue weighted by Crippen LogP contribution is -2.44. The predicted octanol–water partition coefficient (Wildman–Crippen LogP) is 0.913. The first-order valence-corrected chi connectivity index (χ1v) is 7.76. The first-order chi connectivity index (χ1) is 11.1. The molecule has 1 rings (SSSR count). The quantitative estimate of drug-likeness (QED) is 0.593. The number of ether oxygens (including phenoxy) is 1. The van der Waals surface area contributed by atoms with Crippen molar-refractivity contribution < 1.29 is 29.5 Å². The number of carbonyl (C=O) groups excluding carboxylic acids is 1. The van der Waals surface area contributed by atoms with E-state index >= 15 is 0 Å². The maximum Gasteiger partial charge on any atom is 0.488 e. The van der Waals surface area contributed by atoms with E-state index < -0.39 is 30.8 Å². The van der Waals surface area contributed by atoms with Crippen LogP contribution >= 0.6 is 0 Å². The molecule has 0 heterocycles. The summed E-state index contributed by atoms with van der Waals surface area (Å²) in [7, 11) is -1.58. The monoisotopic (exact) mass is 339 g/mol. The Bertz CT molecular complexity index is 524. The zero-order valence-electron chi connectivity index (χ0n) is 14.7. The third-order valence-corrected chi connectivity index (χ3v) is 2.71. The van der Waals surface area contributed by atoms with E-state index in [1.165, 1.54) is 12.1 Å². The SMILES string of the molecule is CC.CC(C)(C)OC(=O)NC(Cc1ccc(B(O)O)cc1)C(=O)O. The van der Waals surface area contributed by atoms with Crippen LogP contribution in [0.5, 0.6) is 0 Å². The second-order valence-corrected chi connectivity index (χ2v) is 5.86. The van der Waals surface area contributed by atoms with Gasteiger partial charge in [0.15, 0.2) is 0 Å². The molecule has 0 aliphatic heterocycles. The summed E-state index contributed by atoms with van der Waals surface area (Å²) in [5, 5.41) is 29.5. The molecule has 1 atom stereocenters. The molecule has 0 spiro atoms. The van der Waals surface area contributed by atoms with Gasteiger partial charge in [-0.05, 0) is 31.8 Å². The van der Waals surface area contributed by atoms with E-state index in [0.717, 1.165) is 0 Å². The molecule has 1 aromatic rings. The average Bonchev–Trinajstić information content (AvgIpc) is 2.47. The minimum atomic E-state index is -1.58. The third-order valence-electron chi connectivity index (χ3n) is 2.71. The summed E-state index contributed by atoms with van der Waals surface area (Å²) in [6.07, 6.45) is -0.751. The highest BCUT2D eigenvalue weighted by atomic mass is 16.6. The van der Waals surface area contributed by atoms with Crippen molar-refractivity contribution in [2.24, 2.45) is 0 Å². The van der Waals surface area contributed by atoms with Crippen LogP contribution in [0.1, 0.15) is 40.2 Å². The van der Waals surface area contributed by atoms with Gasteiger partial charge in [0.1, 0.15) is 11.6 Å². The van der Waals surface area contributed by atoms with Crippen molar-refractivity contribution in [2.75, 3.05) is 0 Å². The molecule has 0 fully saturated rings. The van der Waals surface area contributed by atoms with Crippen LogP contribution in [0.25, 0.3) is 0 Å². The lowest BCUT2D eigenvalue weighted by molar-refractivity contribution is -0.139. The first kappa shape index (κ1) is 21.9. The van der Waals surface area contributed by atoms with Gasteiger partial charge in [-0.15, -0.1) is 0 Å². The summed E-state index contributed by atoms with van der Waals surface area (Å²) in [6, 6.07) is 4.96. The second-order valence-electron chi connectivity index (χ2n) is 5.86. The summed E-state index contributed by atoms with van der Waals surface area (Å²) < 4.78 is 5.03. The van der Waals surface area contributed by atoms with Crippen molar-refractivity contribution in [1.82, 2.24) is 5.32 Å². The van der Waals surface area contributed by atoms with Gasteiger partial charge in [0.2, 0.25) is 0 Å². The molecule has 4 N–H and O–H groups in total. The highest BCUT2D eigenvalue weighted by molar-refractivity contribution is 6.58. The number of aliphatic carboxylic acids is 1. The number of nitrogens with one attached hydrogen (secondary N) is 1. The Hall–Kier alpha value is -2.06.